The van der Waals surface area contributed by atoms with Crippen LogP contribution >= 0.6 is 11.3 Å². The van der Waals surface area contributed by atoms with E-state index in [0.29, 0.717) is 25.3 Å². The van der Waals surface area contributed by atoms with Crippen molar-refractivity contribution in [3.05, 3.63) is 76.4 Å². The lowest BCUT2D eigenvalue weighted by molar-refractivity contribution is 0.0731. The van der Waals surface area contributed by atoms with E-state index in [0.717, 1.165) is 16.2 Å². The smallest absolute Gasteiger partial charge is 0.254 e. The molecule has 1 amide bonds. The van der Waals surface area contributed by atoms with Gasteiger partial charge >= 0.3 is 0 Å². The molecule has 3 aromatic rings. The van der Waals surface area contributed by atoms with Crippen molar-refractivity contribution in [2.45, 2.75) is 20.0 Å². The monoisotopic (exact) mass is 341 g/mol. The Kier molecular flexibility index (Phi) is 5.33. The summed E-state index contributed by atoms with van der Waals surface area (Å²) in [6, 6.07) is 13.2. The van der Waals surface area contributed by atoms with Crippen LogP contribution in [0.3, 0.4) is 0 Å². The molecular weight excluding hydrogens is 322 g/mol. The van der Waals surface area contributed by atoms with Gasteiger partial charge in [0.1, 0.15) is 5.75 Å². The SMILES string of the molecule is CCOc1ccc(C(=O)N(Cc2ccoc2)Cc2cccs2)cc1. The molecule has 5 heteroatoms. The molecule has 0 fully saturated rings. The van der Waals surface area contributed by atoms with Gasteiger partial charge < -0.3 is 14.1 Å². The summed E-state index contributed by atoms with van der Waals surface area (Å²) in [7, 11) is 0. The lowest BCUT2D eigenvalue weighted by Crippen LogP contribution is -2.29. The zero-order chi connectivity index (χ0) is 16.8. The van der Waals surface area contributed by atoms with Gasteiger partial charge in [-0.15, -0.1) is 11.3 Å². The first-order chi connectivity index (χ1) is 11.8. The van der Waals surface area contributed by atoms with E-state index in [9.17, 15) is 4.79 Å². The standard InChI is InChI=1S/C19H19NO3S/c1-2-23-17-7-5-16(6-8-17)19(21)20(12-15-9-10-22-14-15)13-18-4-3-11-24-18/h3-11,14H,2,12-13H2,1H3. The molecule has 124 valence electrons. The average Bonchev–Trinajstić information content (AvgIpc) is 3.28. The van der Waals surface area contributed by atoms with Crippen molar-refractivity contribution in [3.8, 4) is 5.75 Å². The summed E-state index contributed by atoms with van der Waals surface area (Å²) in [4.78, 5) is 15.9. The first-order valence-corrected chi connectivity index (χ1v) is 8.70. The maximum Gasteiger partial charge on any atom is 0.254 e. The molecule has 24 heavy (non-hydrogen) atoms. The molecule has 0 aliphatic heterocycles. The second-order valence-electron chi connectivity index (χ2n) is 5.33. The molecule has 0 bridgehead atoms. The van der Waals surface area contributed by atoms with Gasteiger partial charge in [0.25, 0.3) is 5.91 Å². The van der Waals surface area contributed by atoms with Gasteiger partial charge in [-0.25, -0.2) is 0 Å². The fraction of sp³-hybridized carbons (Fsp3) is 0.211. The number of rotatable bonds is 7. The molecule has 2 aromatic heterocycles. The number of nitrogens with zero attached hydrogens (tertiary/aromatic N) is 1. The third-order valence-electron chi connectivity index (χ3n) is 3.58. The molecule has 1 aromatic carbocycles. The summed E-state index contributed by atoms with van der Waals surface area (Å²) in [6.45, 7) is 3.64. The number of hydrogen-bond acceptors (Lipinski definition) is 4. The molecule has 0 saturated heterocycles. The maximum absolute atomic E-state index is 12.9. The highest BCUT2D eigenvalue weighted by Crippen LogP contribution is 2.19. The average molecular weight is 341 g/mol. The number of carbonyl (C=O) groups excluding carboxylic acids is 1. The number of ether oxygens (including phenoxy) is 1. The van der Waals surface area contributed by atoms with E-state index in [2.05, 4.69) is 0 Å². The van der Waals surface area contributed by atoms with Crippen molar-refractivity contribution in [2.24, 2.45) is 0 Å². The second-order valence-corrected chi connectivity index (χ2v) is 6.36. The van der Waals surface area contributed by atoms with Crippen molar-refractivity contribution in [2.75, 3.05) is 6.61 Å². The molecule has 0 aliphatic rings. The van der Waals surface area contributed by atoms with Crippen LogP contribution in [0.2, 0.25) is 0 Å². The lowest BCUT2D eigenvalue weighted by atomic mass is 10.1. The number of hydrogen-bond donors (Lipinski definition) is 0. The fourth-order valence-electron chi connectivity index (χ4n) is 2.44. The zero-order valence-electron chi connectivity index (χ0n) is 13.5. The number of amides is 1. The zero-order valence-corrected chi connectivity index (χ0v) is 14.3. The minimum absolute atomic E-state index is 0.00681. The van der Waals surface area contributed by atoms with Gasteiger partial charge in [-0.2, -0.15) is 0 Å². The summed E-state index contributed by atoms with van der Waals surface area (Å²) in [5.41, 5.74) is 1.63. The predicted octanol–water partition coefficient (Wildman–Crippen LogP) is 4.58. The van der Waals surface area contributed by atoms with Gasteiger partial charge in [-0.05, 0) is 48.7 Å². The Labute approximate surface area is 145 Å². The summed E-state index contributed by atoms with van der Waals surface area (Å²) >= 11 is 1.65. The Hall–Kier alpha value is -2.53. The van der Waals surface area contributed by atoms with Crippen LogP contribution in [0.25, 0.3) is 0 Å². The van der Waals surface area contributed by atoms with E-state index in [4.69, 9.17) is 9.15 Å². The highest BCUT2D eigenvalue weighted by atomic mass is 32.1. The summed E-state index contributed by atoms with van der Waals surface area (Å²) in [6.07, 6.45) is 3.30. The van der Waals surface area contributed by atoms with Crippen LogP contribution < -0.4 is 4.74 Å². The van der Waals surface area contributed by atoms with E-state index < -0.39 is 0 Å². The van der Waals surface area contributed by atoms with Gasteiger partial charge in [0, 0.05) is 22.5 Å². The van der Waals surface area contributed by atoms with Crippen molar-refractivity contribution in [1.82, 2.24) is 4.90 Å². The van der Waals surface area contributed by atoms with E-state index in [-0.39, 0.29) is 5.91 Å². The van der Waals surface area contributed by atoms with E-state index >= 15 is 0 Å². The highest BCUT2D eigenvalue weighted by Gasteiger charge is 2.17. The Morgan fingerprint density at radius 3 is 2.62 bits per heavy atom. The van der Waals surface area contributed by atoms with Gasteiger partial charge in [0.2, 0.25) is 0 Å². The number of carbonyl (C=O) groups is 1. The topological polar surface area (TPSA) is 42.7 Å². The van der Waals surface area contributed by atoms with Crippen molar-refractivity contribution < 1.29 is 13.9 Å². The molecule has 4 nitrogen and oxygen atoms in total. The lowest BCUT2D eigenvalue weighted by Gasteiger charge is -2.22. The number of furan rings is 1. The van der Waals surface area contributed by atoms with E-state index in [1.165, 1.54) is 0 Å². The third kappa shape index (κ3) is 4.06. The first kappa shape index (κ1) is 16.3. The molecule has 0 unspecified atom stereocenters. The van der Waals surface area contributed by atoms with Gasteiger partial charge in [-0.3, -0.25) is 4.79 Å². The molecule has 0 saturated carbocycles. The molecule has 0 radical (unpaired) electrons. The minimum atomic E-state index is -0.00681. The van der Waals surface area contributed by atoms with Crippen LogP contribution in [0.1, 0.15) is 27.7 Å². The quantitative estimate of drug-likeness (QED) is 0.631. The Bertz CT molecular complexity index is 712. The molecule has 0 N–H and O–H groups in total. The first-order valence-electron chi connectivity index (χ1n) is 7.82. The molecule has 3 rings (SSSR count). The Morgan fingerprint density at radius 2 is 2.00 bits per heavy atom. The molecule has 0 aliphatic carbocycles. The highest BCUT2D eigenvalue weighted by molar-refractivity contribution is 7.09. The molecule has 0 spiro atoms. The third-order valence-corrected chi connectivity index (χ3v) is 4.44. The van der Waals surface area contributed by atoms with Crippen LogP contribution in [0, 0.1) is 0 Å². The number of thiophene rings is 1. The largest absolute Gasteiger partial charge is 0.494 e. The number of benzene rings is 1. The maximum atomic E-state index is 12.9. The van der Waals surface area contributed by atoms with Gasteiger partial charge in [0.15, 0.2) is 0 Å². The molecular formula is C19H19NO3S. The normalized spacial score (nSPS) is 10.5. The predicted molar refractivity (Wildman–Crippen MR) is 94.2 cm³/mol. The van der Waals surface area contributed by atoms with Crippen LogP contribution in [0.4, 0.5) is 0 Å². The summed E-state index contributed by atoms with van der Waals surface area (Å²) in [5, 5.41) is 2.02. The van der Waals surface area contributed by atoms with Gasteiger partial charge in [0.05, 0.1) is 25.7 Å². The molecule has 0 atom stereocenters. The van der Waals surface area contributed by atoms with Gasteiger partial charge in [-0.1, -0.05) is 6.07 Å². The van der Waals surface area contributed by atoms with E-state index in [1.54, 1.807) is 23.9 Å². The van der Waals surface area contributed by atoms with Crippen molar-refractivity contribution >= 4 is 17.2 Å². The Balaban J connectivity index is 1.79. The van der Waals surface area contributed by atoms with Crippen LogP contribution in [-0.4, -0.2) is 17.4 Å². The summed E-state index contributed by atoms with van der Waals surface area (Å²) < 4.78 is 10.6. The minimum Gasteiger partial charge on any atom is -0.494 e. The fourth-order valence-corrected chi connectivity index (χ4v) is 3.16. The van der Waals surface area contributed by atoms with Crippen molar-refractivity contribution in [3.63, 3.8) is 0 Å². The van der Waals surface area contributed by atoms with Crippen LogP contribution in [-0.2, 0) is 13.1 Å². The van der Waals surface area contributed by atoms with Crippen molar-refractivity contribution in [1.29, 1.82) is 0 Å². The Morgan fingerprint density at radius 1 is 1.17 bits per heavy atom. The second kappa shape index (κ2) is 7.84. The van der Waals surface area contributed by atoms with Crippen LogP contribution in [0.5, 0.6) is 5.75 Å². The summed E-state index contributed by atoms with van der Waals surface area (Å²) in [5.74, 6) is 0.765. The molecule has 2 heterocycles. The van der Waals surface area contributed by atoms with Crippen LogP contribution in [0.15, 0.2) is 64.8 Å². The van der Waals surface area contributed by atoms with E-state index in [1.807, 2.05) is 59.7 Å².